The van der Waals surface area contributed by atoms with Crippen LogP contribution >= 0.6 is 0 Å². The summed E-state index contributed by atoms with van der Waals surface area (Å²) in [6.45, 7) is 0.0667. The third-order valence-electron chi connectivity index (χ3n) is 5.69. The van der Waals surface area contributed by atoms with Crippen LogP contribution in [0, 0.1) is 17.5 Å². The van der Waals surface area contributed by atoms with Gasteiger partial charge in [0, 0.05) is 23.7 Å². The normalized spacial score (nSPS) is 15.3. The lowest BCUT2D eigenvalue weighted by Gasteiger charge is -2.14. The molecule has 0 amide bonds. The fourth-order valence-electron chi connectivity index (χ4n) is 4.11. The summed E-state index contributed by atoms with van der Waals surface area (Å²) in [7, 11) is 0. The van der Waals surface area contributed by atoms with Crippen LogP contribution in [0.15, 0.2) is 60.9 Å². The second kappa shape index (κ2) is 8.00. The van der Waals surface area contributed by atoms with Crippen LogP contribution in [-0.4, -0.2) is 21.2 Å². The van der Waals surface area contributed by atoms with E-state index in [-0.39, 0.29) is 24.0 Å². The number of fused-ring (bicyclic) bond motifs is 1. The molecule has 4 nitrogen and oxygen atoms in total. The van der Waals surface area contributed by atoms with Crippen molar-refractivity contribution in [2.24, 2.45) is 0 Å². The van der Waals surface area contributed by atoms with Crippen molar-refractivity contribution < 1.29 is 13.2 Å². The van der Waals surface area contributed by atoms with Gasteiger partial charge in [0.1, 0.15) is 23.8 Å². The minimum absolute atomic E-state index is 0.00252. The minimum Gasteiger partial charge on any atom is -0.309 e. The van der Waals surface area contributed by atoms with Crippen molar-refractivity contribution in [1.29, 1.82) is 0 Å². The van der Waals surface area contributed by atoms with Gasteiger partial charge in [0.15, 0.2) is 5.82 Å². The summed E-state index contributed by atoms with van der Waals surface area (Å²) in [6, 6.07) is 14.7. The number of benzene rings is 3. The van der Waals surface area contributed by atoms with Crippen LogP contribution in [0.1, 0.15) is 16.7 Å². The summed E-state index contributed by atoms with van der Waals surface area (Å²) in [5.74, 6) is -0.885. The maximum Gasteiger partial charge on any atom is 0.155 e. The van der Waals surface area contributed by atoms with Crippen molar-refractivity contribution in [3.05, 3.63) is 95.1 Å². The standard InChI is InChI=1S/C24H19F3N4/c25-19-5-4-15-8-20(9-17(15)7-19)28-12-21-22(26)10-18(11-23(21)27)14-2-1-3-16(6-14)24-29-13-30-31-24/h1-7,10-11,13,20,28H,8-9,12H2,(H,29,30,31)/t20-/m0/s1. The van der Waals surface area contributed by atoms with Crippen LogP contribution in [0.5, 0.6) is 0 Å². The average molecular weight is 420 g/mol. The molecule has 0 aliphatic heterocycles. The molecule has 0 unspecified atom stereocenters. The number of halogens is 3. The molecule has 1 atom stereocenters. The monoisotopic (exact) mass is 420 g/mol. The number of nitrogens with zero attached hydrogens (tertiary/aromatic N) is 2. The van der Waals surface area contributed by atoms with E-state index in [9.17, 15) is 13.2 Å². The van der Waals surface area contributed by atoms with Crippen LogP contribution in [0.4, 0.5) is 13.2 Å². The molecule has 0 fully saturated rings. The Balaban J connectivity index is 1.33. The van der Waals surface area contributed by atoms with E-state index in [1.54, 1.807) is 18.2 Å². The van der Waals surface area contributed by atoms with E-state index in [4.69, 9.17) is 0 Å². The predicted octanol–water partition coefficient (Wildman–Crippen LogP) is 4.81. The summed E-state index contributed by atoms with van der Waals surface area (Å²) in [5.41, 5.74) is 3.92. The molecule has 0 saturated carbocycles. The van der Waals surface area contributed by atoms with Crippen LogP contribution in [0.25, 0.3) is 22.5 Å². The molecule has 5 rings (SSSR count). The summed E-state index contributed by atoms with van der Waals surface area (Å²) in [6.07, 6.45) is 2.76. The van der Waals surface area contributed by atoms with Gasteiger partial charge in [0.05, 0.1) is 0 Å². The van der Waals surface area contributed by atoms with Crippen LogP contribution in [-0.2, 0) is 19.4 Å². The third-order valence-corrected chi connectivity index (χ3v) is 5.69. The lowest BCUT2D eigenvalue weighted by atomic mass is 10.0. The van der Waals surface area contributed by atoms with Gasteiger partial charge < -0.3 is 5.32 Å². The highest BCUT2D eigenvalue weighted by molar-refractivity contribution is 5.70. The fourth-order valence-corrected chi connectivity index (χ4v) is 4.11. The molecule has 1 heterocycles. The van der Waals surface area contributed by atoms with Gasteiger partial charge in [-0.2, -0.15) is 5.10 Å². The second-order valence-electron chi connectivity index (χ2n) is 7.73. The Kier molecular flexibility index (Phi) is 5.03. The molecule has 1 aliphatic rings. The number of rotatable bonds is 5. The zero-order chi connectivity index (χ0) is 21.4. The minimum atomic E-state index is -0.603. The van der Waals surface area contributed by atoms with Gasteiger partial charge in [0.2, 0.25) is 0 Å². The molecule has 7 heteroatoms. The first-order chi connectivity index (χ1) is 15.1. The molecule has 0 bridgehead atoms. The topological polar surface area (TPSA) is 53.6 Å². The van der Waals surface area contributed by atoms with Gasteiger partial charge in [-0.05, 0) is 65.4 Å². The zero-order valence-electron chi connectivity index (χ0n) is 16.5. The van der Waals surface area contributed by atoms with Gasteiger partial charge in [-0.25, -0.2) is 18.2 Å². The van der Waals surface area contributed by atoms with Crippen molar-refractivity contribution in [3.63, 3.8) is 0 Å². The Hall–Kier alpha value is -3.45. The number of hydrogen-bond donors (Lipinski definition) is 2. The third kappa shape index (κ3) is 3.96. The van der Waals surface area contributed by atoms with E-state index in [0.29, 0.717) is 29.8 Å². The zero-order valence-corrected chi connectivity index (χ0v) is 16.5. The van der Waals surface area contributed by atoms with E-state index < -0.39 is 11.6 Å². The molecular formula is C24H19F3N4. The highest BCUT2D eigenvalue weighted by Gasteiger charge is 2.22. The van der Waals surface area contributed by atoms with Gasteiger partial charge in [-0.15, -0.1) is 0 Å². The maximum absolute atomic E-state index is 14.8. The number of hydrogen-bond acceptors (Lipinski definition) is 3. The van der Waals surface area contributed by atoms with Gasteiger partial charge in [-0.3, -0.25) is 5.10 Å². The Morgan fingerprint density at radius 2 is 1.65 bits per heavy atom. The molecule has 0 saturated heterocycles. The fraction of sp³-hybridized carbons (Fsp3) is 0.167. The smallest absolute Gasteiger partial charge is 0.155 e. The Morgan fingerprint density at radius 1 is 0.871 bits per heavy atom. The number of H-pyrrole nitrogens is 1. The number of aromatic amines is 1. The maximum atomic E-state index is 14.8. The first kappa shape index (κ1) is 19.5. The van der Waals surface area contributed by atoms with E-state index in [2.05, 4.69) is 20.5 Å². The van der Waals surface area contributed by atoms with Crippen molar-refractivity contribution in [1.82, 2.24) is 20.5 Å². The molecular weight excluding hydrogens is 401 g/mol. The summed E-state index contributed by atoms with van der Waals surface area (Å²) in [5, 5.41) is 9.82. The van der Waals surface area contributed by atoms with Gasteiger partial charge >= 0.3 is 0 Å². The molecule has 4 aromatic rings. The largest absolute Gasteiger partial charge is 0.309 e. The first-order valence-corrected chi connectivity index (χ1v) is 10.0. The Labute approximate surface area is 177 Å². The van der Waals surface area contributed by atoms with Crippen LogP contribution in [0.3, 0.4) is 0 Å². The van der Waals surface area contributed by atoms with Crippen LogP contribution < -0.4 is 5.32 Å². The van der Waals surface area contributed by atoms with Gasteiger partial charge in [0.25, 0.3) is 0 Å². The van der Waals surface area contributed by atoms with Crippen molar-refractivity contribution in [3.8, 4) is 22.5 Å². The SMILES string of the molecule is Fc1ccc2c(c1)C[C@@H](NCc1c(F)cc(-c3cccc(-c4ncn[nH]4)c3)cc1F)C2. The highest BCUT2D eigenvalue weighted by atomic mass is 19.1. The van der Waals surface area contributed by atoms with Crippen LogP contribution in [0.2, 0.25) is 0 Å². The summed E-state index contributed by atoms with van der Waals surface area (Å²) < 4.78 is 43.0. The molecule has 31 heavy (non-hydrogen) atoms. The molecule has 0 spiro atoms. The first-order valence-electron chi connectivity index (χ1n) is 10.0. The highest BCUT2D eigenvalue weighted by Crippen LogP contribution is 2.28. The quantitative estimate of drug-likeness (QED) is 0.487. The second-order valence-corrected chi connectivity index (χ2v) is 7.73. The van der Waals surface area contributed by atoms with E-state index in [0.717, 1.165) is 16.7 Å². The van der Waals surface area contributed by atoms with E-state index in [1.165, 1.54) is 30.6 Å². The van der Waals surface area contributed by atoms with Crippen molar-refractivity contribution in [2.75, 3.05) is 0 Å². The lowest BCUT2D eigenvalue weighted by molar-refractivity contribution is 0.492. The predicted molar refractivity (Wildman–Crippen MR) is 112 cm³/mol. The summed E-state index contributed by atoms with van der Waals surface area (Å²) in [4.78, 5) is 4.11. The lowest BCUT2D eigenvalue weighted by Crippen LogP contribution is -2.29. The summed E-state index contributed by atoms with van der Waals surface area (Å²) >= 11 is 0. The molecule has 2 N–H and O–H groups in total. The van der Waals surface area contributed by atoms with E-state index in [1.807, 2.05) is 12.1 Å². The van der Waals surface area contributed by atoms with Gasteiger partial charge in [-0.1, -0.05) is 24.3 Å². The molecule has 1 aliphatic carbocycles. The molecule has 1 aromatic heterocycles. The molecule has 0 radical (unpaired) electrons. The Bertz CT molecular complexity index is 1210. The van der Waals surface area contributed by atoms with E-state index >= 15 is 0 Å². The Morgan fingerprint density at radius 3 is 2.42 bits per heavy atom. The average Bonchev–Trinajstić information content (AvgIpc) is 3.42. The molecule has 3 aromatic carbocycles. The molecule has 156 valence electrons. The number of nitrogens with one attached hydrogen (secondary N) is 2. The number of aromatic nitrogens is 3. The van der Waals surface area contributed by atoms with Crippen molar-refractivity contribution >= 4 is 0 Å². The van der Waals surface area contributed by atoms with Crippen molar-refractivity contribution in [2.45, 2.75) is 25.4 Å².